The van der Waals surface area contributed by atoms with E-state index < -0.39 is 6.10 Å². The summed E-state index contributed by atoms with van der Waals surface area (Å²) in [6.07, 6.45) is 3.32. The van der Waals surface area contributed by atoms with E-state index in [1.165, 1.54) is 11.3 Å². The van der Waals surface area contributed by atoms with Crippen molar-refractivity contribution in [2.24, 2.45) is 0 Å². The Morgan fingerprint density at radius 1 is 1.04 bits per heavy atom. The van der Waals surface area contributed by atoms with Crippen molar-refractivity contribution in [2.45, 2.75) is 12.5 Å². The first-order chi connectivity index (χ1) is 13.2. The molecule has 136 valence electrons. The fraction of sp³-hybridized carbons (Fsp3) is 0.136. The molecule has 0 saturated carbocycles. The van der Waals surface area contributed by atoms with E-state index >= 15 is 0 Å². The van der Waals surface area contributed by atoms with Crippen molar-refractivity contribution < 1.29 is 10.2 Å². The predicted molar refractivity (Wildman–Crippen MR) is 110 cm³/mol. The summed E-state index contributed by atoms with van der Waals surface area (Å²) in [7, 11) is 0. The second kappa shape index (κ2) is 7.78. The Morgan fingerprint density at radius 3 is 2.63 bits per heavy atom. The van der Waals surface area contributed by atoms with Gasteiger partial charge in [0.2, 0.25) is 0 Å². The number of thiazole rings is 1. The van der Waals surface area contributed by atoms with Crippen molar-refractivity contribution in [2.75, 3.05) is 11.4 Å². The molecule has 4 nitrogen and oxygen atoms in total. The van der Waals surface area contributed by atoms with Gasteiger partial charge in [-0.25, -0.2) is 4.98 Å². The zero-order chi connectivity index (χ0) is 18.6. The molecule has 1 aromatic heterocycles. The topological polar surface area (TPSA) is 56.6 Å². The Kier molecular flexibility index (Phi) is 5.05. The van der Waals surface area contributed by atoms with Crippen LogP contribution in [-0.4, -0.2) is 21.7 Å². The number of allylic oxidation sites excluding steroid dienone is 2. The zero-order valence-corrected chi connectivity index (χ0v) is 15.5. The van der Waals surface area contributed by atoms with Gasteiger partial charge in [0.05, 0.1) is 17.7 Å². The summed E-state index contributed by atoms with van der Waals surface area (Å²) in [5, 5.41) is 22.4. The second-order valence-corrected chi connectivity index (χ2v) is 7.17. The maximum Gasteiger partial charge on any atom is 0.112 e. The molecule has 2 aromatic carbocycles. The first-order valence-electron chi connectivity index (χ1n) is 8.78. The monoisotopic (exact) mass is 376 g/mol. The minimum absolute atomic E-state index is 0.298. The normalized spacial score (nSPS) is 15.2. The molecule has 5 heteroatoms. The van der Waals surface area contributed by atoms with Crippen molar-refractivity contribution >= 4 is 17.0 Å². The molecule has 0 aliphatic carbocycles. The molecule has 1 aliphatic rings. The third-order valence-electron chi connectivity index (χ3n) is 4.60. The highest BCUT2D eigenvalue weighted by Crippen LogP contribution is 2.32. The van der Waals surface area contributed by atoms with Crippen molar-refractivity contribution in [3.05, 3.63) is 94.8 Å². The van der Waals surface area contributed by atoms with E-state index in [-0.39, 0.29) is 0 Å². The second-order valence-electron chi connectivity index (χ2n) is 6.45. The molecule has 0 saturated heterocycles. The lowest BCUT2D eigenvalue weighted by Crippen LogP contribution is -2.28. The van der Waals surface area contributed by atoms with E-state index in [0.29, 0.717) is 24.4 Å². The van der Waals surface area contributed by atoms with Crippen molar-refractivity contribution in [3.63, 3.8) is 0 Å². The van der Waals surface area contributed by atoms with E-state index in [2.05, 4.69) is 29.2 Å². The molecule has 0 spiro atoms. The molecule has 3 aromatic rings. The summed E-state index contributed by atoms with van der Waals surface area (Å²) in [5.41, 5.74) is 6.58. The molecular weight excluding hydrogens is 356 g/mol. The zero-order valence-electron chi connectivity index (χ0n) is 14.7. The lowest BCUT2D eigenvalue weighted by atomic mass is 10.0. The van der Waals surface area contributed by atoms with Gasteiger partial charge in [-0.2, -0.15) is 0 Å². The van der Waals surface area contributed by atoms with Gasteiger partial charge in [-0.3, -0.25) is 0 Å². The van der Waals surface area contributed by atoms with Gasteiger partial charge < -0.3 is 15.1 Å². The highest BCUT2D eigenvalue weighted by Gasteiger charge is 2.21. The maximum absolute atomic E-state index is 10.5. The number of aliphatic hydroxyl groups is 2. The summed E-state index contributed by atoms with van der Waals surface area (Å²) in [6.45, 7) is 0.383. The first kappa shape index (κ1) is 17.5. The fourth-order valence-electron chi connectivity index (χ4n) is 3.21. The van der Waals surface area contributed by atoms with Gasteiger partial charge in [-0.1, -0.05) is 42.5 Å². The Bertz CT molecular complexity index is 965. The molecule has 4 rings (SSSR count). The quantitative estimate of drug-likeness (QED) is 0.652. The molecule has 1 aliphatic heterocycles. The van der Waals surface area contributed by atoms with Crippen LogP contribution in [0.4, 0.5) is 5.69 Å². The third kappa shape index (κ3) is 3.94. The van der Waals surface area contributed by atoms with Crippen LogP contribution < -0.4 is 4.90 Å². The van der Waals surface area contributed by atoms with Crippen LogP contribution in [0.2, 0.25) is 0 Å². The number of benzene rings is 2. The van der Waals surface area contributed by atoms with Gasteiger partial charge in [0.25, 0.3) is 0 Å². The molecule has 0 radical (unpaired) electrons. The summed E-state index contributed by atoms with van der Waals surface area (Å²) in [4.78, 5) is 6.25. The van der Waals surface area contributed by atoms with Crippen LogP contribution in [0.3, 0.4) is 0 Å². The van der Waals surface area contributed by atoms with E-state index in [0.717, 1.165) is 22.5 Å². The average molecular weight is 376 g/mol. The van der Waals surface area contributed by atoms with Crippen LogP contribution >= 0.6 is 11.3 Å². The van der Waals surface area contributed by atoms with Crippen molar-refractivity contribution in [1.29, 1.82) is 0 Å². The summed E-state index contributed by atoms with van der Waals surface area (Å²) >= 11 is 1.47. The first-order valence-corrected chi connectivity index (χ1v) is 9.73. The lowest BCUT2D eigenvalue weighted by Gasteiger charge is -2.31. The van der Waals surface area contributed by atoms with E-state index in [9.17, 15) is 10.2 Å². The van der Waals surface area contributed by atoms with Crippen LogP contribution in [0.15, 0.2) is 89.1 Å². The Morgan fingerprint density at radius 2 is 1.85 bits per heavy atom. The molecule has 1 unspecified atom stereocenters. The number of hydrogen-bond donors (Lipinski definition) is 2. The number of aromatic nitrogens is 1. The molecule has 1 atom stereocenters. The molecule has 27 heavy (non-hydrogen) atoms. The Balaban J connectivity index is 1.63. The van der Waals surface area contributed by atoms with Gasteiger partial charge in [0.15, 0.2) is 0 Å². The summed E-state index contributed by atoms with van der Waals surface area (Å²) in [5.74, 6) is 0.298. The van der Waals surface area contributed by atoms with Gasteiger partial charge in [0, 0.05) is 23.2 Å². The predicted octanol–water partition coefficient (Wildman–Crippen LogP) is 5.08. The Hall–Kier alpha value is -2.89. The minimum Gasteiger partial charge on any atom is -0.510 e. The summed E-state index contributed by atoms with van der Waals surface area (Å²) in [6, 6.07) is 18.4. The van der Waals surface area contributed by atoms with Crippen LogP contribution in [-0.2, 0) is 0 Å². The average Bonchev–Trinajstić information content (AvgIpc) is 3.25. The third-order valence-corrected chi connectivity index (χ3v) is 5.20. The summed E-state index contributed by atoms with van der Waals surface area (Å²) < 4.78 is 0. The van der Waals surface area contributed by atoms with Crippen LogP contribution in [0.5, 0.6) is 0 Å². The molecular formula is C22H20N2O2S. The molecule has 0 amide bonds. The molecule has 2 N–H and O–H groups in total. The standard InChI is InChI=1S/C22H20N2O2S/c25-20-10-9-19(12-22(26)21-14-27-15-23-21)24(13-20)18-8-4-7-17(11-18)16-5-2-1-3-6-16/h1-11,14-15,22,25-26H,12-13H2. The fourth-order valence-corrected chi connectivity index (χ4v) is 3.81. The Labute approximate surface area is 162 Å². The van der Waals surface area contributed by atoms with Gasteiger partial charge in [-0.15, -0.1) is 11.3 Å². The van der Waals surface area contributed by atoms with Crippen molar-refractivity contribution in [1.82, 2.24) is 4.98 Å². The minimum atomic E-state index is -0.670. The van der Waals surface area contributed by atoms with Gasteiger partial charge in [-0.05, 0) is 35.4 Å². The SMILES string of the molecule is OC1=CC=C(CC(O)c2cscn2)N(c2cccc(-c3ccccc3)c2)C1. The smallest absolute Gasteiger partial charge is 0.112 e. The van der Waals surface area contributed by atoms with Crippen LogP contribution in [0.1, 0.15) is 18.2 Å². The van der Waals surface area contributed by atoms with Crippen LogP contribution in [0, 0.1) is 0 Å². The van der Waals surface area contributed by atoms with Gasteiger partial charge in [0.1, 0.15) is 11.9 Å². The number of aliphatic hydroxyl groups excluding tert-OH is 2. The van der Waals surface area contributed by atoms with E-state index in [1.807, 2.05) is 46.7 Å². The van der Waals surface area contributed by atoms with Gasteiger partial charge >= 0.3 is 0 Å². The van der Waals surface area contributed by atoms with Crippen molar-refractivity contribution in [3.8, 4) is 11.1 Å². The van der Waals surface area contributed by atoms with Crippen LogP contribution in [0.25, 0.3) is 11.1 Å². The molecule has 0 bridgehead atoms. The number of rotatable bonds is 5. The molecule has 2 heterocycles. The number of hydrogen-bond acceptors (Lipinski definition) is 5. The van der Waals surface area contributed by atoms with E-state index in [4.69, 9.17) is 0 Å². The maximum atomic E-state index is 10.5. The highest BCUT2D eigenvalue weighted by atomic mass is 32.1. The highest BCUT2D eigenvalue weighted by molar-refractivity contribution is 7.07. The largest absolute Gasteiger partial charge is 0.510 e. The molecule has 0 fully saturated rings. The number of anilines is 1. The number of nitrogens with zero attached hydrogens (tertiary/aromatic N) is 2. The van der Waals surface area contributed by atoms with E-state index in [1.54, 1.807) is 11.6 Å². The lowest BCUT2D eigenvalue weighted by molar-refractivity contribution is 0.173.